The van der Waals surface area contributed by atoms with Gasteiger partial charge in [0.15, 0.2) is 0 Å². The summed E-state index contributed by atoms with van der Waals surface area (Å²) in [7, 11) is 0. The number of carbonyl (C=O) groups is 1. The number of nitrogens with one attached hydrogen (secondary N) is 2. The van der Waals surface area contributed by atoms with Crippen LogP contribution in [0, 0.1) is 5.92 Å². The first-order valence-corrected chi connectivity index (χ1v) is 7.24. The summed E-state index contributed by atoms with van der Waals surface area (Å²) in [5.41, 5.74) is 0.430. The van der Waals surface area contributed by atoms with E-state index < -0.39 is 0 Å². The van der Waals surface area contributed by atoms with E-state index in [1.165, 1.54) is 0 Å². The van der Waals surface area contributed by atoms with Crippen LogP contribution in [0.1, 0.15) is 30.6 Å². The Morgan fingerprint density at radius 1 is 1.35 bits per heavy atom. The van der Waals surface area contributed by atoms with Crippen molar-refractivity contribution in [3.05, 3.63) is 33.8 Å². The van der Waals surface area contributed by atoms with Crippen molar-refractivity contribution in [3.8, 4) is 0 Å². The minimum Gasteiger partial charge on any atom is -0.347 e. The molecular weight excluding hydrogens is 319 g/mol. The molecule has 1 aromatic rings. The molecule has 112 valence electrons. The van der Waals surface area contributed by atoms with E-state index in [1.807, 2.05) is 0 Å². The summed E-state index contributed by atoms with van der Waals surface area (Å²) < 4.78 is 0. The van der Waals surface area contributed by atoms with E-state index >= 15 is 0 Å². The molecule has 0 bridgehead atoms. The monoisotopic (exact) mass is 336 g/mol. The topological polar surface area (TPSA) is 41.1 Å². The normalized spacial score (nSPS) is 25.7. The molecular formula is C14H19Cl3N2O. The predicted octanol–water partition coefficient (Wildman–Crippen LogP) is 3.53. The number of piperidine rings is 1. The van der Waals surface area contributed by atoms with Gasteiger partial charge in [-0.15, -0.1) is 12.4 Å². The van der Waals surface area contributed by atoms with E-state index in [1.54, 1.807) is 18.2 Å². The van der Waals surface area contributed by atoms with Gasteiger partial charge in [-0.05, 0) is 37.9 Å². The minimum absolute atomic E-state index is 0. The van der Waals surface area contributed by atoms with E-state index in [0.29, 0.717) is 21.5 Å². The van der Waals surface area contributed by atoms with Crippen molar-refractivity contribution < 1.29 is 4.79 Å². The molecule has 20 heavy (non-hydrogen) atoms. The minimum atomic E-state index is -0.167. The maximum absolute atomic E-state index is 12.3. The van der Waals surface area contributed by atoms with Crippen LogP contribution in [0.5, 0.6) is 0 Å². The molecule has 1 fully saturated rings. The quantitative estimate of drug-likeness (QED) is 0.867. The fourth-order valence-electron chi connectivity index (χ4n) is 2.51. The van der Waals surface area contributed by atoms with Crippen molar-refractivity contribution in [3.63, 3.8) is 0 Å². The Balaban J connectivity index is 0.00000200. The first kappa shape index (κ1) is 17.6. The number of rotatable bonds is 2. The van der Waals surface area contributed by atoms with Crippen molar-refractivity contribution in [2.24, 2.45) is 5.92 Å². The van der Waals surface area contributed by atoms with Crippen molar-refractivity contribution in [2.45, 2.75) is 32.4 Å². The summed E-state index contributed by atoms with van der Waals surface area (Å²) in [5, 5.41) is 7.14. The van der Waals surface area contributed by atoms with E-state index in [9.17, 15) is 4.79 Å². The number of benzene rings is 1. The smallest absolute Gasteiger partial charge is 0.253 e. The lowest BCUT2D eigenvalue weighted by molar-refractivity contribution is 0.0898. The van der Waals surface area contributed by atoms with Crippen molar-refractivity contribution >= 4 is 41.5 Å². The number of halogens is 3. The summed E-state index contributed by atoms with van der Waals surface area (Å²) in [5.74, 6) is 0.276. The molecule has 3 nitrogen and oxygen atoms in total. The average molecular weight is 338 g/mol. The summed E-state index contributed by atoms with van der Waals surface area (Å²) in [6, 6.07) is 5.46. The molecule has 1 aliphatic rings. The Kier molecular flexibility index (Phi) is 6.59. The Bertz CT molecular complexity index is 471. The molecule has 1 saturated heterocycles. The lowest BCUT2D eigenvalue weighted by Crippen LogP contribution is -2.55. The SMILES string of the molecule is CC1CCNC(C)C1NC(=O)c1cccc(Cl)c1Cl.Cl. The Morgan fingerprint density at radius 3 is 2.70 bits per heavy atom. The lowest BCUT2D eigenvalue weighted by atomic mass is 9.89. The first-order valence-electron chi connectivity index (χ1n) is 6.49. The van der Waals surface area contributed by atoms with Crippen LogP contribution in [0.4, 0.5) is 0 Å². The highest BCUT2D eigenvalue weighted by atomic mass is 35.5. The van der Waals surface area contributed by atoms with Gasteiger partial charge in [0.25, 0.3) is 5.91 Å². The van der Waals surface area contributed by atoms with E-state index in [4.69, 9.17) is 23.2 Å². The van der Waals surface area contributed by atoms with Gasteiger partial charge in [-0.3, -0.25) is 4.79 Å². The number of carbonyl (C=O) groups excluding carboxylic acids is 1. The second-order valence-electron chi connectivity index (χ2n) is 5.11. The third-order valence-electron chi connectivity index (χ3n) is 3.71. The van der Waals surface area contributed by atoms with Crippen LogP contribution in [-0.2, 0) is 0 Å². The molecule has 1 heterocycles. The zero-order chi connectivity index (χ0) is 14.0. The van der Waals surface area contributed by atoms with Crippen LogP contribution in [0.15, 0.2) is 18.2 Å². The maximum Gasteiger partial charge on any atom is 0.253 e. The van der Waals surface area contributed by atoms with Crippen LogP contribution >= 0.6 is 35.6 Å². The van der Waals surface area contributed by atoms with Crippen LogP contribution in [-0.4, -0.2) is 24.5 Å². The van der Waals surface area contributed by atoms with E-state index in [-0.39, 0.29) is 30.4 Å². The fraction of sp³-hybridized carbons (Fsp3) is 0.500. The molecule has 0 spiro atoms. The second-order valence-corrected chi connectivity index (χ2v) is 5.89. The van der Waals surface area contributed by atoms with E-state index in [0.717, 1.165) is 13.0 Å². The summed E-state index contributed by atoms with van der Waals surface area (Å²) in [6.07, 6.45) is 1.05. The van der Waals surface area contributed by atoms with E-state index in [2.05, 4.69) is 24.5 Å². The first-order chi connectivity index (χ1) is 9.00. The molecule has 3 atom stereocenters. The van der Waals surface area contributed by atoms with Crippen LogP contribution in [0.2, 0.25) is 10.0 Å². The fourth-order valence-corrected chi connectivity index (χ4v) is 2.90. The summed E-state index contributed by atoms with van der Waals surface area (Å²) in [6.45, 7) is 5.23. The molecule has 1 amide bonds. The number of hydrogen-bond acceptors (Lipinski definition) is 2. The zero-order valence-corrected chi connectivity index (χ0v) is 13.8. The predicted molar refractivity (Wildman–Crippen MR) is 86.2 cm³/mol. The largest absolute Gasteiger partial charge is 0.347 e. The number of hydrogen-bond donors (Lipinski definition) is 2. The maximum atomic E-state index is 12.3. The van der Waals surface area contributed by atoms with Crippen LogP contribution in [0.25, 0.3) is 0 Å². The Hall–Kier alpha value is -0.480. The Morgan fingerprint density at radius 2 is 2.05 bits per heavy atom. The second kappa shape index (κ2) is 7.51. The van der Waals surface area contributed by atoms with Gasteiger partial charge in [-0.2, -0.15) is 0 Å². The van der Waals surface area contributed by atoms with Gasteiger partial charge in [-0.1, -0.05) is 36.2 Å². The lowest BCUT2D eigenvalue weighted by Gasteiger charge is -2.36. The van der Waals surface area contributed by atoms with Gasteiger partial charge in [-0.25, -0.2) is 0 Å². The highest BCUT2D eigenvalue weighted by Gasteiger charge is 2.29. The average Bonchev–Trinajstić information content (AvgIpc) is 2.37. The molecule has 3 unspecified atom stereocenters. The molecule has 0 aromatic heterocycles. The summed E-state index contributed by atoms with van der Waals surface area (Å²) >= 11 is 12.0. The highest BCUT2D eigenvalue weighted by molar-refractivity contribution is 6.43. The van der Waals surface area contributed by atoms with Gasteiger partial charge >= 0.3 is 0 Å². The molecule has 2 rings (SSSR count). The molecule has 1 aromatic carbocycles. The standard InChI is InChI=1S/C14H18Cl2N2O.ClH/c1-8-6-7-17-9(2)13(8)18-14(19)10-4-3-5-11(15)12(10)16;/h3-5,8-9,13,17H,6-7H2,1-2H3,(H,18,19);1H. The Labute approximate surface area is 135 Å². The van der Waals surface area contributed by atoms with Gasteiger partial charge in [0.05, 0.1) is 15.6 Å². The van der Waals surface area contributed by atoms with Crippen molar-refractivity contribution in [1.29, 1.82) is 0 Å². The van der Waals surface area contributed by atoms with Gasteiger partial charge in [0.2, 0.25) is 0 Å². The van der Waals surface area contributed by atoms with Crippen LogP contribution < -0.4 is 10.6 Å². The molecule has 0 radical (unpaired) electrons. The molecule has 1 aliphatic heterocycles. The van der Waals surface area contributed by atoms with Gasteiger partial charge < -0.3 is 10.6 Å². The third kappa shape index (κ3) is 3.79. The zero-order valence-electron chi connectivity index (χ0n) is 11.5. The molecule has 0 saturated carbocycles. The molecule has 2 N–H and O–H groups in total. The van der Waals surface area contributed by atoms with Gasteiger partial charge in [0, 0.05) is 12.1 Å². The summed E-state index contributed by atoms with van der Waals surface area (Å²) in [4.78, 5) is 12.3. The molecule has 6 heteroatoms. The van der Waals surface area contributed by atoms with Crippen molar-refractivity contribution in [2.75, 3.05) is 6.54 Å². The highest BCUT2D eigenvalue weighted by Crippen LogP contribution is 2.26. The molecule has 0 aliphatic carbocycles. The van der Waals surface area contributed by atoms with Crippen LogP contribution in [0.3, 0.4) is 0 Å². The third-order valence-corrected chi connectivity index (χ3v) is 4.53. The van der Waals surface area contributed by atoms with Crippen molar-refractivity contribution in [1.82, 2.24) is 10.6 Å². The van der Waals surface area contributed by atoms with Gasteiger partial charge in [0.1, 0.15) is 0 Å². The number of amides is 1.